The summed E-state index contributed by atoms with van der Waals surface area (Å²) >= 11 is 0. The van der Waals surface area contributed by atoms with Crippen molar-refractivity contribution < 1.29 is 9.53 Å². The molecular formula is C9H12N2O3. The minimum absolute atomic E-state index is 0.183. The Labute approximate surface area is 81.3 Å². The second-order valence-electron chi connectivity index (χ2n) is 2.74. The number of carbonyl (C=O) groups is 1. The maximum Gasteiger partial charge on any atom is 0.357 e. The lowest BCUT2D eigenvalue weighted by molar-refractivity contribution is 0.0588. The lowest BCUT2D eigenvalue weighted by Crippen LogP contribution is -2.25. The van der Waals surface area contributed by atoms with Crippen molar-refractivity contribution in [2.75, 3.05) is 19.6 Å². The van der Waals surface area contributed by atoms with Crippen molar-refractivity contribution in [2.45, 2.75) is 6.92 Å². The summed E-state index contributed by atoms with van der Waals surface area (Å²) in [6.07, 6.45) is 1.49. The predicted octanol–water partition coefficient (Wildman–Crippen LogP) is 0.117. The fourth-order valence-corrected chi connectivity index (χ4v) is 1.17. The molecule has 0 aromatic carbocycles. The van der Waals surface area contributed by atoms with Crippen LogP contribution in [0.4, 0.5) is 0 Å². The summed E-state index contributed by atoms with van der Waals surface area (Å²) in [5.41, 5.74) is 3.17. The van der Waals surface area contributed by atoms with E-state index in [2.05, 4.69) is 10.2 Å². The largest absolute Gasteiger partial charge is 0.464 e. The first-order valence-electron chi connectivity index (χ1n) is 4.10. The highest BCUT2D eigenvalue weighted by atomic mass is 16.5. The molecule has 0 bridgehead atoms. The van der Waals surface area contributed by atoms with Crippen molar-refractivity contribution in [2.24, 2.45) is 0 Å². The van der Waals surface area contributed by atoms with Gasteiger partial charge in [0.1, 0.15) is 0 Å². The molecule has 1 heterocycles. The third-order valence-electron chi connectivity index (χ3n) is 1.96. The number of hydrogen-bond acceptors (Lipinski definition) is 4. The van der Waals surface area contributed by atoms with Gasteiger partial charge < -0.3 is 10.2 Å². The molecule has 0 aliphatic rings. The number of aromatic nitrogens is 1. The van der Waals surface area contributed by atoms with Gasteiger partial charge in [-0.15, -0.1) is 0 Å². The zero-order chi connectivity index (χ0) is 10.7. The molecule has 0 saturated carbocycles. The van der Waals surface area contributed by atoms with E-state index < -0.39 is 5.97 Å². The lowest BCUT2D eigenvalue weighted by Gasteiger charge is -2.12. The fraction of sp³-hybridized carbons (Fsp3) is 0.333. The second kappa shape index (κ2) is 3.95. The van der Waals surface area contributed by atoms with Crippen molar-refractivity contribution in [1.82, 2.24) is 4.68 Å². The molecule has 0 atom stereocenters. The number of esters is 1. The fourth-order valence-electron chi connectivity index (χ4n) is 1.17. The Kier molecular flexibility index (Phi) is 2.91. The Morgan fingerprint density at radius 1 is 1.57 bits per heavy atom. The van der Waals surface area contributed by atoms with E-state index in [4.69, 9.17) is 0 Å². The zero-order valence-corrected chi connectivity index (χ0v) is 8.33. The molecule has 0 spiro atoms. The molecule has 5 nitrogen and oxygen atoms in total. The topological polar surface area (TPSA) is 60.3 Å². The number of nitrogens with one attached hydrogen (secondary N) is 1. The van der Waals surface area contributed by atoms with Crippen LogP contribution in [0.15, 0.2) is 17.1 Å². The molecule has 0 radical (unpaired) electrons. The first-order chi connectivity index (χ1) is 6.61. The van der Waals surface area contributed by atoms with E-state index in [0.29, 0.717) is 5.56 Å². The third-order valence-corrected chi connectivity index (χ3v) is 1.96. The number of ether oxygens (including phenoxy) is 1. The van der Waals surface area contributed by atoms with E-state index in [1.54, 1.807) is 14.0 Å². The van der Waals surface area contributed by atoms with Crippen LogP contribution in [0, 0.1) is 6.92 Å². The summed E-state index contributed by atoms with van der Waals surface area (Å²) < 4.78 is 6.02. The molecule has 76 valence electrons. The van der Waals surface area contributed by atoms with Gasteiger partial charge in [-0.1, -0.05) is 0 Å². The lowest BCUT2D eigenvalue weighted by atomic mass is 10.2. The maximum absolute atomic E-state index is 11.3. The van der Waals surface area contributed by atoms with Gasteiger partial charge >= 0.3 is 5.97 Å². The Bertz CT molecular complexity index is 409. The van der Waals surface area contributed by atoms with Gasteiger partial charge in [-0.3, -0.25) is 9.47 Å². The Hall–Kier alpha value is -1.78. The second-order valence-corrected chi connectivity index (χ2v) is 2.74. The number of hydrogen-bond donors (Lipinski definition) is 1. The van der Waals surface area contributed by atoms with E-state index in [-0.39, 0.29) is 11.1 Å². The number of rotatable bonds is 2. The van der Waals surface area contributed by atoms with Gasteiger partial charge in [0.15, 0.2) is 11.1 Å². The SMILES string of the molecule is CNn1ccc(=O)c(C)c1C(=O)OC. The van der Waals surface area contributed by atoms with Crippen LogP contribution >= 0.6 is 0 Å². The Balaban J connectivity index is 3.43. The monoisotopic (exact) mass is 196 g/mol. The highest BCUT2D eigenvalue weighted by molar-refractivity contribution is 5.89. The molecule has 0 aliphatic heterocycles. The summed E-state index contributed by atoms with van der Waals surface area (Å²) in [7, 11) is 2.93. The minimum atomic E-state index is -0.533. The molecule has 0 fully saturated rings. The van der Waals surface area contributed by atoms with Crippen LogP contribution in [0.25, 0.3) is 0 Å². The van der Waals surface area contributed by atoms with Crippen LogP contribution in [0.5, 0.6) is 0 Å². The van der Waals surface area contributed by atoms with Gasteiger partial charge in [0.05, 0.1) is 7.11 Å². The van der Waals surface area contributed by atoms with E-state index in [1.807, 2.05) is 0 Å². The van der Waals surface area contributed by atoms with Gasteiger partial charge in [-0.05, 0) is 6.92 Å². The number of nitrogens with zero attached hydrogens (tertiary/aromatic N) is 1. The molecule has 0 amide bonds. The average Bonchev–Trinajstić information content (AvgIpc) is 2.20. The molecule has 0 aliphatic carbocycles. The highest BCUT2D eigenvalue weighted by Gasteiger charge is 2.15. The third kappa shape index (κ3) is 1.61. The molecule has 1 N–H and O–H groups in total. The molecule has 0 saturated heterocycles. The van der Waals surface area contributed by atoms with Gasteiger partial charge in [-0.2, -0.15) is 0 Å². The van der Waals surface area contributed by atoms with E-state index in [0.717, 1.165) is 0 Å². The smallest absolute Gasteiger partial charge is 0.357 e. The summed E-state index contributed by atoms with van der Waals surface area (Å²) in [4.78, 5) is 22.6. The maximum atomic E-state index is 11.3. The normalized spacial score (nSPS) is 9.64. The Morgan fingerprint density at radius 2 is 2.21 bits per heavy atom. The average molecular weight is 196 g/mol. The molecule has 14 heavy (non-hydrogen) atoms. The summed E-state index contributed by atoms with van der Waals surface area (Å²) in [6, 6.07) is 1.39. The molecular weight excluding hydrogens is 184 g/mol. The quantitative estimate of drug-likeness (QED) is 0.682. The number of pyridine rings is 1. The van der Waals surface area contributed by atoms with Crippen molar-refractivity contribution in [3.8, 4) is 0 Å². The number of carbonyl (C=O) groups excluding carboxylic acids is 1. The first-order valence-corrected chi connectivity index (χ1v) is 4.10. The van der Waals surface area contributed by atoms with Gasteiger partial charge in [0.25, 0.3) is 0 Å². The van der Waals surface area contributed by atoms with Gasteiger partial charge in [0, 0.05) is 24.9 Å². The highest BCUT2D eigenvalue weighted by Crippen LogP contribution is 2.03. The van der Waals surface area contributed by atoms with Crippen molar-refractivity contribution in [1.29, 1.82) is 0 Å². The molecule has 1 aromatic heterocycles. The molecule has 5 heteroatoms. The van der Waals surface area contributed by atoms with Crippen LogP contribution in [0.2, 0.25) is 0 Å². The molecule has 1 aromatic rings. The zero-order valence-electron chi connectivity index (χ0n) is 8.33. The standard InChI is InChI=1S/C9H12N2O3/c1-6-7(12)4-5-11(10-2)8(6)9(13)14-3/h4-5,10H,1-3H3. The van der Waals surface area contributed by atoms with E-state index >= 15 is 0 Å². The predicted molar refractivity (Wildman–Crippen MR) is 52.1 cm³/mol. The van der Waals surface area contributed by atoms with Gasteiger partial charge in [0.2, 0.25) is 0 Å². The van der Waals surface area contributed by atoms with E-state index in [1.165, 1.54) is 24.0 Å². The van der Waals surface area contributed by atoms with Crippen LogP contribution in [-0.4, -0.2) is 24.8 Å². The summed E-state index contributed by atoms with van der Waals surface area (Å²) in [5, 5.41) is 0. The minimum Gasteiger partial charge on any atom is -0.464 e. The van der Waals surface area contributed by atoms with Crippen LogP contribution < -0.4 is 10.9 Å². The van der Waals surface area contributed by atoms with Crippen molar-refractivity contribution >= 4 is 5.97 Å². The van der Waals surface area contributed by atoms with Gasteiger partial charge in [-0.25, -0.2) is 4.79 Å². The van der Waals surface area contributed by atoms with Crippen molar-refractivity contribution in [3.63, 3.8) is 0 Å². The molecule has 0 unspecified atom stereocenters. The summed E-state index contributed by atoms with van der Waals surface area (Å²) in [5.74, 6) is -0.533. The summed E-state index contributed by atoms with van der Waals surface area (Å²) in [6.45, 7) is 1.59. The Morgan fingerprint density at radius 3 is 2.71 bits per heavy atom. The number of methoxy groups -OCH3 is 1. The van der Waals surface area contributed by atoms with Crippen LogP contribution in [0.1, 0.15) is 16.1 Å². The van der Waals surface area contributed by atoms with Crippen LogP contribution in [-0.2, 0) is 4.74 Å². The first kappa shape index (κ1) is 10.3. The molecule has 1 rings (SSSR count). The van der Waals surface area contributed by atoms with Crippen LogP contribution in [0.3, 0.4) is 0 Å². The van der Waals surface area contributed by atoms with E-state index in [9.17, 15) is 9.59 Å². The van der Waals surface area contributed by atoms with Crippen molar-refractivity contribution in [3.05, 3.63) is 33.7 Å².